The molecule has 0 aliphatic heterocycles. The molecular formula is C15H11FN2O3. The number of rotatable bonds is 4. The van der Waals surface area contributed by atoms with Crippen molar-refractivity contribution >= 4 is 23.6 Å². The summed E-state index contributed by atoms with van der Waals surface area (Å²) < 4.78 is 13.8. The Bertz CT molecular complexity index is 699. The van der Waals surface area contributed by atoms with Gasteiger partial charge in [-0.2, -0.15) is 0 Å². The van der Waals surface area contributed by atoms with Crippen molar-refractivity contribution in [3.05, 3.63) is 65.7 Å². The molecule has 106 valence electrons. The summed E-state index contributed by atoms with van der Waals surface area (Å²) in [6.45, 7) is 0. The van der Waals surface area contributed by atoms with Crippen molar-refractivity contribution in [1.29, 1.82) is 0 Å². The van der Waals surface area contributed by atoms with Crippen LogP contribution in [0, 0.1) is 5.82 Å². The Labute approximate surface area is 119 Å². The van der Waals surface area contributed by atoms with Crippen molar-refractivity contribution in [3.63, 3.8) is 0 Å². The predicted molar refractivity (Wildman–Crippen MR) is 75.3 cm³/mol. The molecule has 1 heterocycles. The van der Waals surface area contributed by atoms with E-state index in [-0.39, 0.29) is 11.4 Å². The fourth-order valence-corrected chi connectivity index (χ4v) is 1.59. The number of aromatic nitrogens is 1. The Morgan fingerprint density at radius 3 is 2.67 bits per heavy atom. The average Bonchev–Trinajstić information content (AvgIpc) is 2.48. The number of carbonyl (C=O) groups is 2. The molecule has 0 radical (unpaired) electrons. The van der Waals surface area contributed by atoms with Gasteiger partial charge in [-0.1, -0.05) is 12.1 Å². The molecule has 21 heavy (non-hydrogen) atoms. The maximum Gasteiger partial charge on any atom is 0.328 e. The van der Waals surface area contributed by atoms with E-state index < -0.39 is 17.7 Å². The van der Waals surface area contributed by atoms with E-state index >= 15 is 0 Å². The highest BCUT2D eigenvalue weighted by Crippen LogP contribution is 2.17. The van der Waals surface area contributed by atoms with E-state index in [1.165, 1.54) is 30.5 Å². The van der Waals surface area contributed by atoms with Crippen molar-refractivity contribution in [3.8, 4) is 0 Å². The zero-order valence-electron chi connectivity index (χ0n) is 10.8. The number of carboxylic acid groups (broad SMARTS) is 1. The number of amides is 1. The third-order valence-electron chi connectivity index (χ3n) is 2.56. The van der Waals surface area contributed by atoms with Crippen LogP contribution in [0.15, 0.2) is 48.7 Å². The average molecular weight is 286 g/mol. The van der Waals surface area contributed by atoms with Crippen LogP contribution in [0.4, 0.5) is 10.1 Å². The third kappa shape index (κ3) is 3.97. The molecule has 2 N–H and O–H groups in total. The maximum atomic E-state index is 13.8. The Kier molecular flexibility index (Phi) is 4.40. The van der Waals surface area contributed by atoms with E-state index in [2.05, 4.69) is 10.3 Å². The number of pyridine rings is 1. The highest BCUT2D eigenvalue weighted by atomic mass is 19.1. The minimum atomic E-state index is -1.12. The van der Waals surface area contributed by atoms with Gasteiger partial charge in [0.2, 0.25) is 0 Å². The number of carboxylic acids is 1. The number of anilines is 1. The van der Waals surface area contributed by atoms with Crippen molar-refractivity contribution < 1.29 is 19.1 Å². The van der Waals surface area contributed by atoms with E-state index in [0.717, 1.165) is 12.1 Å². The van der Waals surface area contributed by atoms with E-state index in [1.54, 1.807) is 12.1 Å². The summed E-state index contributed by atoms with van der Waals surface area (Å²) in [6.07, 6.45) is 3.63. The first-order valence-corrected chi connectivity index (χ1v) is 5.99. The molecule has 0 aliphatic carbocycles. The molecule has 0 saturated heterocycles. The van der Waals surface area contributed by atoms with Crippen LogP contribution in [0.25, 0.3) is 6.08 Å². The lowest BCUT2D eigenvalue weighted by atomic mass is 10.2. The summed E-state index contributed by atoms with van der Waals surface area (Å²) in [4.78, 5) is 26.1. The first-order valence-electron chi connectivity index (χ1n) is 5.99. The van der Waals surface area contributed by atoms with Crippen molar-refractivity contribution in [2.24, 2.45) is 0 Å². The van der Waals surface area contributed by atoms with Gasteiger partial charge in [-0.25, -0.2) is 9.18 Å². The van der Waals surface area contributed by atoms with E-state index in [0.29, 0.717) is 5.56 Å². The number of halogens is 1. The second-order valence-corrected chi connectivity index (χ2v) is 4.08. The third-order valence-corrected chi connectivity index (χ3v) is 2.56. The molecule has 2 aromatic rings. The lowest BCUT2D eigenvalue weighted by molar-refractivity contribution is -0.131. The molecule has 0 bridgehead atoms. The lowest BCUT2D eigenvalue weighted by Crippen LogP contribution is -2.14. The van der Waals surface area contributed by atoms with Crippen LogP contribution in [-0.4, -0.2) is 22.0 Å². The summed E-state index contributed by atoms with van der Waals surface area (Å²) in [6, 6.07) is 8.82. The lowest BCUT2D eigenvalue weighted by Gasteiger charge is -2.06. The van der Waals surface area contributed by atoms with E-state index in [1.807, 2.05) is 0 Å². The molecule has 1 amide bonds. The SMILES string of the molecule is O=C(O)C=Cc1ccc(NC(=O)c2ccccn2)c(F)c1. The Morgan fingerprint density at radius 2 is 2.05 bits per heavy atom. The second kappa shape index (κ2) is 6.42. The standard InChI is InChI=1S/C15H11FN2O3/c16-11-9-10(5-7-14(19)20)4-6-12(11)18-15(21)13-3-1-2-8-17-13/h1-9H,(H,18,21)(H,19,20). The number of carbonyl (C=O) groups excluding carboxylic acids is 1. The molecule has 0 saturated carbocycles. The normalized spacial score (nSPS) is 10.5. The number of benzene rings is 1. The van der Waals surface area contributed by atoms with Crippen LogP contribution >= 0.6 is 0 Å². The number of nitrogens with zero attached hydrogens (tertiary/aromatic N) is 1. The zero-order valence-corrected chi connectivity index (χ0v) is 10.8. The van der Waals surface area contributed by atoms with Gasteiger partial charge in [-0.3, -0.25) is 9.78 Å². The summed E-state index contributed by atoms with van der Waals surface area (Å²) in [5.74, 6) is -2.31. The van der Waals surface area contributed by atoms with Gasteiger partial charge in [0.25, 0.3) is 5.91 Å². The van der Waals surface area contributed by atoms with Gasteiger partial charge >= 0.3 is 5.97 Å². The number of hydrogen-bond acceptors (Lipinski definition) is 3. The topological polar surface area (TPSA) is 79.3 Å². The van der Waals surface area contributed by atoms with Crippen LogP contribution in [0.5, 0.6) is 0 Å². The Hall–Kier alpha value is -3.02. The van der Waals surface area contributed by atoms with Crippen molar-refractivity contribution in [1.82, 2.24) is 4.98 Å². The molecule has 0 unspecified atom stereocenters. The monoisotopic (exact) mass is 286 g/mol. The molecule has 0 spiro atoms. The Morgan fingerprint density at radius 1 is 1.24 bits per heavy atom. The smallest absolute Gasteiger partial charge is 0.328 e. The first-order chi connectivity index (χ1) is 10.1. The minimum absolute atomic E-state index is 0.00173. The molecule has 1 aromatic carbocycles. The van der Waals surface area contributed by atoms with Crippen LogP contribution < -0.4 is 5.32 Å². The van der Waals surface area contributed by atoms with Gasteiger partial charge in [-0.15, -0.1) is 0 Å². The Balaban J connectivity index is 2.15. The molecular weight excluding hydrogens is 275 g/mol. The summed E-state index contributed by atoms with van der Waals surface area (Å²) >= 11 is 0. The molecule has 6 heteroatoms. The zero-order chi connectivity index (χ0) is 15.2. The van der Waals surface area contributed by atoms with Crippen molar-refractivity contribution in [2.75, 3.05) is 5.32 Å². The molecule has 2 rings (SSSR count). The summed E-state index contributed by atoms with van der Waals surface area (Å²) in [7, 11) is 0. The highest BCUT2D eigenvalue weighted by molar-refractivity contribution is 6.02. The van der Waals surface area contributed by atoms with Crippen LogP contribution in [0.2, 0.25) is 0 Å². The van der Waals surface area contributed by atoms with Gasteiger partial charge in [0, 0.05) is 12.3 Å². The van der Waals surface area contributed by atoms with Gasteiger partial charge in [0.1, 0.15) is 11.5 Å². The van der Waals surface area contributed by atoms with Gasteiger partial charge < -0.3 is 10.4 Å². The molecule has 1 aromatic heterocycles. The fourth-order valence-electron chi connectivity index (χ4n) is 1.59. The second-order valence-electron chi connectivity index (χ2n) is 4.08. The van der Waals surface area contributed by atoms with E-state index in [4.69, 9.17) is 5.11 Å². The molecule has 0 fully saturated rings. The van der Waals surface area contributed by atoms with Crippen molar-refractivity contribution in [2.45, 2.75) is 0 Å². The number of nitrogens with one attached hydrogen (secondary N) is 1. The largest absolute Gasteiger partial charge is 0.478 e. The fraction of sp³-hybridized carbons (Fsp3) is 0. The molecule has 0 aliphatic rings. The first kappa shape index (κ1) is 14.4. The number of hydrogen-bond donors (Lipinski definition) is 2. The summed E-state index contributed by atoms with van der Waals surface area (Å²) in [5, 5.41) is 10.9. The van der Waals surface area contributed by atoms with Crippen LogP contribution in [0.1, 0.15) is 16.1 Å². The molecule has 0 atom stereocenters. The van der Waals surface area contributed by atoms with Crippen LogP contribution in [0.3, 0.4) is 0 Å². The molecule has 5 nitrogen and oxygen atoms in total. The predicted octanol–water partition coefficient (Wildman–Crippen LogP) is 2.57. The maximum absolute atomic E-state index is 13.8. The van der Waals surface area contributed by atoms with Gasteiger partial charge in [0.05, 0.1) is 5.69 Å². The van der Waals surface area contributed by atoms with Crippen LogP contribution in [-0.2, 0) is 4.79 Å². The van der Waals surface area contributed by atoms with E-state index in [9.17, 15) is 14.0 Å². The highest BCUT2D eigenvalue weighted by Gasteiger charge is 2.10. The quantitative estimate of drug-likeness (QED) is 0.847. The minimum Gasteiger partial charge on any atom is -0.478 e. The number of aliphatic carboxylic acids is 1. The summed E-state index contributed by atoms with van der Waals surface area (Å²) in [5.41, 5.74) is 0.551. The van der Waals surface area contributed by atoms with Gasteiger partial charge in [0.15, 0.2) is 0 Å². The van der Waals surface area contributed by atoms with Gasteiger partial charge in [-0.05, 0) is 35.9 Å².